The fraction of sp³-hybridized carbons (Fsp3) is 0.176. The van der Waals surface area contributed by atoms with Crippen LogP contribution in [0.2, 0.25) is 0 Å². The molecule has 7 heteroatoms. The van der Waals surface area contributed by atoms with Gasteiger partial charge in [-0.05, 0) is 35.0 Å². The van der Waals surface area contributed by atoms with Crippen LogP contribution in [0.3, 0.4) is 0 Å². The third-order valence-electron chi connectivity index (χ3n) is 3.44. The summed E-state index contributed by atoms with van der Waals surface area (Å²) >= 11 is 2.89. The fourth-order valence-electron chi connectivity index (χ4n) is 2.18. The lowest BCUT2D eigenvalue weighted by molar-refractivity contribution is -0.133. The molecule has 3 aromatic rings. The van der Waals surface area contributed by atoms with Gasteiger partial charge in [0, 0.05) is 24.3 Å². The largest absolute Gasteiger partial charge is 0.451 e. The number of nitrogens with zero attached hydrogens (tertiary/aromatic N) is 2. The number of aromatic nitrogens is 1. The molecule has 0 aromatic carbocycles. The molecule has 0 atom stereocenters. The number of hydrogen-bond donors (Lipinski definition) is 0. The molecule has 1 amide bonds. The SMILES string of the molecule is CN(Cc1cccs1)C(=O)COC(=O)c1sccc1-n1cccc1. The summed E-state index contributed by atoms with van der Waals surface area (Å²) in [6, 6.07) is 9.53. The number of esters is 1. The molecule has 3 rings (SSSR count). The van der Waals surface area contributed by atoms with E-state index in [0.29, 0.717) is 11.4 Å². The van der Waals surface area contributed by atoms with Gasteiger partial charge < -0.3 is 14.2 Å². The van der Waals surface area contributed by atoms with Crippen molar-refractivity contribution >= 4 is 34.6 Å². The number of likely N-dealkylation sites (N-methyl/N-ethyl adjacent to an activating group) is 1. The van der Waals surface area contributed by atoms with Crippen molar-refractivity contribution in [2.24, 2.45) is 0 Å². The summed E-state index contributed by atoms with van der Waals surface area (Å²) in [5.74, 6) is -0.706. The molecule has 0 saturated carbocycles. The first-order valence-electron chi connectivity index (χ1n) is 7.29. The van der Waals surface area contributed by atoms with Gasteiger partial charge in [0.2, 0.25) is 0 Å². The summed E-state index contributed by atoms with van der Waals surface area (Å²) < 4.78 is 7.04. The van der Waals surface area contributed by atoms with Crippen LogP contribution in [-0.4, -0.2) is 35.0 Å². The second-order valence-corrected chi connectivity index (χ2v) is 7.08. The summed E-state index contributed by atoms with van der Waals surface area (Å²) in [6.07, 6.45) is 3.72. The second-order valence-electron chi connectivity index (χ2n) is 5.13. The lowest BCUT2D eigenvalue weighted by Crippen LogP contribution is -2.30. The lowest BCUT2D eigenvalue weighted by Gasteiger charge is -2.16. The highest BCUT2D eigenvalue weighted by Gasteiger charge is 2.18. The highest BCUT2D eigenvalue weighted by atomic mass is 32.1. The van der Waals surface area contributed by atoms with E-state index in [0.717, 1.165) is 10.6 Å². The van der Waals surface area contributed by atoms with E-state index in [9.17, 15) is 9.59 Å². The molecule has 0 radical (unpaired) electrons. The van der Waals surface area contributed by atoms with Gasteiger partial charge >= 0.3 is 5.97 Å². The Balaban J connectivity index is 1.58. The minimum absolute atomic E-state index is 0.226. The van der Waals surface area contributed by atoms with E-state index in [1.807, 2.05) is 58.1 Å². The number of rotatable bonds is 6. The number of carbonyl (C=O) groups excluding carboxylic acids is 2. The van der Waals surface area contributed by atoms with E-state index in [1.165, 1.54) is 11.3 Å². The first-order chi connectivity index (χ1) is 11.6. The van der Waals surface area contributed by atoms with Gasteiger partial charge in [-0.25, -0.2) is 4.79 Å². The van der Waals surface area contributed by atoms with Crippen LogP contribution in [-0.2, 0) is 16.1 Å². The summed E-state index contributed by atoms with van der Waals surface area (Å²) in [5, 5.41) is 3.80. The van der Waals surface area contributed by atoms with Crippen LogP contribution in [0.4, 0.5) is 0 Å². The van der Waals surface area contributed by atoms with Crippen LogP contribution >= 0.6 is 22.7 Å². The topological polar surface area (TPSA) is 51.5 Å². The van der Waals surface area contributed by atoms with Crippen LogP contribution < -0.4 is 0 Å². The summed E-state index contributed by atoms with van der Waals surface area (Å²) in [5.41, 5.74) is 0.759. The fourth-order valence-corrected chi connectivity index (χ4v) is 3.72. The lowest BCUT2D eigenvalue weighted by atomic mass is 10.4. The van der Waals surface area contributed by atoms with E-state index in [2.05, 4.69) is 0 Å². The van der Waals surface area contributed by atoms with Crippen LogP contribution in [0.1, 0.15) is 14.5 Å². The predicted molar refractivity (Wildman–Crippen MR) is 94.7 cm³/mol. The predicted octanol–water partition coefficient (Wildman–Crippen LogP) is 3.42. The van der Waals surface area contributed by atoms with Crippen molar-refractivity contribution in [3.8, 4) is 5.69 Å². The van der Waals surface area contributed by atoms with E-state index < -0.39 is 5.97 Å². The molecule has 24 heavy (non-hydrogen) atoms. The number of thiophene rings is 2. The molecule has 3 heterocycles. The first kappa shape index (κ1) is 16.5. The Morgan fingerprint density at radius 1 is 1.12 bits per heavy atom. The van der Waals surface area contributed by atoms with Gasteiger partial charge in [0.25, 0.3) is 5.91 Å². The van der Waals surface area contributed by atoms with Gasteiger partial charge in [0.15, 0.2) is 6.61 Å². The highest BCUT2D eigenvalue weighted by Crippen LogP contribution is 2.22. The average Bonchev–Trinajstić information content (AvgIpc) is 3.32. The number of carbonyl (C=O) groups is 2. The molecule has 0 fully saturated rings. The molecule has 0 aliphatic heterocycles. The molecular weight excluding hydrogens is 344 g/mol. The number of amides is 1. The van der Waals surface area contributed by atoms with Crippen LogP contribution in [0.25, 0.3) is 5.69 Å². The smallest absolute Gasteiger partial charge is 0.350 e. The summed E-state index contributed by atoms with van der Waals surface area (Å²) in [7, 11) is 1.70. The van der Waals surface area contributed by atoms with Crippen molar-refractivity contribution in [3.05, 3.63) is 63.2 Å². The zero-order valence-corrected chi connectivity index (χ0v) is 14.7. The maximum absolute atomic E-state index is 12.3. The third-order valence-corrected chi connectivity index (χ3v) is 5.18. The van der Waals surface area contributed by atoms with Gasteiger partial charge in [-0.2, -0.15) is 0 Å². The number of hydrogen-bond acceptors (Lipinski definition) is 5. The van der Waals surface area contributed by atoms with E-state index in [4.69, 9.17) is 4.74 Å². The van der Waals surface area contributed by atoms with Crippen LogP contribution in [0.5, 0.6) is 0 Å². The van der Waals surface area contributed by atoms with Crippen LogP contribution in [0, 0.1) is 0 Å². The molecular formula is C17H16N2O3S2. The molecule has 0 spiro atoms. The van der Waals surface area contributed by atoms with Gasteiger partial charge in [-0.1, -0.05) is 6.07 Å². The molecule has 0 unspecified atom stereocenters. The quantitative estimate of drug-likeness (QED) is 0.633. The van der Waals surface area contributed by atoms with Gasteiger partial charge in [-0.15, -0.1) is 22.7 Å². The van der Waals surface area contributed by atoms with Crippen LogP contribution in [0.15, 0.2) is 53.5 Å². The Morgan fingerprint density at radius 3 is 2.62 bits per heavy atom. The minimum Gasteiger partial charge on any atom is -0.451 e. The third kappa shape index (κ3) is 3.74. The summed E-state index contributed by atoms with van der Waals surface area (Å²) in [4.78, 5) is 27.5. The molecule has 0 aliphatic carbocycles. The second kappa shape index (κ2) is 7.46. The molecule has 0 bridgehead atoms. The molecule has 0 N–H and O–H groups in total. The summed E-state index contributed by atoms with van der Waals surface area (Å²) in [6.45, 7) is 0.255. The molecule has 124 valence electrons. The maximum atomic E-state index is 12.3. The Morgan fingerprint density at radius 2 is 1.92 bits per heavy atom. The zero-order chi connectivity index (χ0) is 16.9. The maximum Gasteiger partial charge on any atom is 0.350 e. The molecule has 3 aromatic heterocycles. The van der Waals surface area contributed by atoms with Crippen molar-refractivity contribution in [1.82, 2.24) is 9.47 Å². The molecule has 5 nitrogen and oxygen atoms in total. The van der Waals surface area contributed by atoms with Crippen molar-refractivity contribution in [2.45, 2.75) is 6.54 Å². The van der Waals surface area contributed by atoms with Gasteiger partial charge in [0.1, 0.15) is 4.88 Å². The van der Waals surface area contributed by atoms with E-state index in [1.54, 1.807) is 23.3 Å². The average molecular weight is 360 g/mol. The highest BCUT2D eigenvalue weighted by molar-refractivity contribution is 7.12. The van der Waals surface area contributed by atoms with Gasteiger partial charge in [0.05, 0.1) is 12.2 Å². The molecule has 0 saturated heterocycles. The Kier molecular flexibility index (Phi) is 5.12. The zero-order valence-electron chi connectivity index (χ0n) is 13.0. The Hall–Kier alpha value is -2.38. The minimum atomic E-state index is -0.480. The normalized spacial score (nSPS) is 10.5. The van der Waals surface area contributed by atoms with E-state index in [-0.39, 0.29) is 12.5 Å². The first-order valence-corrected chi connectivity index (χ1v) is 9.05. The Labute approximate surface area is 147 Å². The van der Waals surface area contributed by atoms with Crippen molar-refractivity contribution in [2.75, 3.05) is 13.7 Å². The van der Waals surface area contributed by atoms with Crippen molar-refractivity contribution in [3.63, 3.8) is 0 Å². The number of ether oxygens (including phenoxy) is 1. The van der Waals surface area contributed by atoms with Crippen molar-refractivity contribution in [1.29, 1.82) is 0 Å². The standard InChI is InChI=1S/C17H16N2O3S2/c1-18(11-13-5-4-9-23-13)15(20)12-22-17(21)16-14(6-10-24-16)19-7-2-3-8-19/h2-10H,11-12H2,1H3. The monoisotopic (exact) mass is 360 g/mol. The van der Waals surface area contributed by atoms with Crippen molar-refractivity contribution < 1.29 is 14.3 Å². The van der Waals surface area contributed by atoms with E-state index >= 15 is 0 Å². The Bertz CT molecular complexity index is 807. The molecule has 0 aliphatic rings. The van der Waals surface area contributed by atoms with Gasteiger partial charge in [-0.3, -0.25) is 4.79 Å².